The summed E-state index contributed by atoms with van der Waals surface area (Å²) in [6.45, 7) is 21.5. The standard InChI is InChI=1S/C119H157NO2/c1-10-18-26-34-42-54-76-116(77-55-43-35-27-19-11-2)99-74-75-107-109(94-64-48-52-68-105(94)121-107)108(99)97-87-102-96(86-103(97)116)91-72-70-89(84-100(91)117(102,78-56-44-36-28-20-12-3)79-57-45-37-29-21-13-4)120(104-67-51-46-62-88(104)9)90-71-73-93-101(85-90)119(82-60-40-32-24-16-7,83-61-41-33-25-17-8)113-110(93)111-95-65-49-53-69-106(95)122-115(111)112-92-63-47-50-66-98(92)118(114(112)113,80-58-38-30-22-14-5)81-59-39-31-23-15-6/h46-53,62-75,84-87H,10-45,54-61,76-83H2,1-9H3. The van der Waals surface area contributed by atoms with E-state index in [4.69, 9.17) is 8.83 Å². The first-order valence-electron chi connectivity index (χ1n) is 51.6. The van der Waals surface area contributed by atoms with E-state index in [1.165, 1.54) is 397 Å². The van der Waals surface area contributed by atoms with E-state index in [2.05, 4.69) is 225 Å². The monoisotopic (exact) mass is 1630 g/mol. The normalized spacial score (nSPS) is 14.6. The molecule has 0 amide bonds. The van der Waals surface area contributed by atoms with Gasteiger partial charge in [0.2, 0.25) is 0 Å². The highest BCUT2D eigenvalue weighted by Crippen LogP contribution is 2.69. The number of furan rings is 2. The molecule has 0 atom stereocenters. The number of para-hydroxylation sites is 3. The summed E-state index contributed by atoms with van der Waals surface area (Å²) in [7, 11) is 0. The molecular formula is C119H157NO2. The molecule has 9 aromatic carbocycles. The molecule has 0 bridgehead atoms. The maximum atomic E-state index is 7.71. The molecule has 0 N–H and O–H groups in total. The number of unbranched alkanes of at least 4 members (excludes halogenated alkanes) is 36. The van der Waals surface area contributed by atoms with Crippen LogP contribution in [-0.2, 0) is 21.7 Å². The van der Waals surface area contributed by atoms with E-state index >= 15 is 0 Å². The Bertz CT molecular complexity index is 5160. The van der Waals surface area contributed by atoms with E-state index in [-0.39, 0.29) is 21.7 Å². The van der Waals surface area contributed by atoms with Gasteiger partial charge in [0, 0.05) is 65.8 Å². The predicted molar refractivity (Wildman–Crippen MR) is 531 cm³/mol. The Labute approximate surface area is 740 Å². The average Bonchev–Trinajstić information content (AvgIpc) is 1.48. The third kappa shape index (κ3) is 17.9. The third-order valence-corrected chi connectivity index (χ3v) is 31.1. The molecule has 4 aliphatic rings. The van der Waals surface area contributed by atoms with Gasteiger partial charge in [0.15, 0.2) is 0 Å². The summed E-state index contributed by atoms with van der Waals surface area (Å²) in [5.41, 5.74) is 33.5. The van der Waals surface area contributed by atoms with E-state index < -0.39 is 0 Å². The summed E-state index contributed by atoms with van der Waals surface area (Å²) in [6.07, 6.45) is 65.9. The first-order valence-corrected chi connectivity index (χ1v) is 51.6. The Balaban J connectivity index is 0.979. The topological polar surface area (TPSA) is 29.5 Å². The van der Waals surface area contributed by atoms with Crippen molar-refractivity contribution in [1.82, 2.24) is 0 Å². The van der Waals surface area contributed by atoms with Crippen molar-refractivity contribution in [3.05, 3.63) is 208 Å². The van der Waals surface area contributed by atoms with Gasteiger partial charge in [0.05, 0.1) is 0 Å². The number of anilines is 3. The fourth-order valence-electron chi connectivity index (χ4n) is 24.8. The van der Waals surface area contributed by atoms with Gasteiger partial charge in [-0.25, -0.2) is 0 Å². The number of hydrogen-bond acceptors (Lipinski definition) is 3. The van der Waals surface area contributed by atoms with Crippen LogP contribution in [0, 0.1) is 6.92 Å². The van der Waals surface area contributed by atoms with E-state index in [0.29, 0.717) is 0 Å². The molecule has 0 spiro atoms. The van der Waals surface area contributed by atoms with E-state index in [9.17, 15) is 0 Å². The second-order valence-electron chi connectivity index (χ2n) is 39.4. The van der Waals surface area contributed by atoms with Crippen LogP contribution in [0.15, 0.2) is 167 Å². The Hall–Kier alpha value is -7.62. The second-order valence-corrected chi connectivity index (χ2v) is 39.4. The van der Waals surface area contributed by atoms with Crippen LogP contribution in [0.25, 0.3) is 88.4 Å². The first kappa shape index (κ1) is 89.2. The number of fused-ring (bicyclic) bond motifs is 22. The Morgan fingerprint density at radius 2 is 0.590 bits per heavy atom. The van der Waals surface area contributed by atoms with Crippen LogP contribution < -0.4 is 4.90 Å². The van der Waals surface area contributed by atoms with Gasteiger partial charge in [-0.15, -0.1) is 0 Å². The predicted octanol–water partition coefficient (Wildman–Crippen LogP) is 38.8. The van der Waals surface area contributed by atoms with Gasteiger partial charge in [0.25, 0.3) is 0 Å². The minimum Gasteiger partial charge on any atom is -0.456 e. The average molecular weight is 1630 g/mol. The van der Waals surface area contributed by atoms with Crippen LogP contribution in [-0.4, -0.2) is 0 Å². The zero-order valence-electron chi connectivity index (χ0n) is 78.0. The maximum Gasteiger partial charge on any atom is 0.144 e. The summed E-state index contributed by atoms with van der Waals surface area (Å²) in [6, 6.07) is 64.9. The zero-order chi connectivity index (χ0) is 84.3. The van der Waals surface area contributed by atoms with Crippen molar-refractivity contribution >= 4 is 60.9 Å². The number of nitrogens with zero attached hydrogens (tertiary/aromatic N) is 1. The van der Waals surface area contributed by atoms with Gasteiger partial charge in [0.1, 0.15) is 22.3 Å². The van der Waals surface area contributed by atoms with Gasteiger partial charge in [-0.2, -0.15) is 0 Å². The molecule has 0 saturated heterocycles. The van der Waals surface area contributed by atoms with Crippen LogP contribution in [0.4, 0.5) is 17.1 Å². The minimum atomic E-state index is -0.249. The van der Waals surface area contributed by atoms with Gasteiger partial charge in [-0.05, 0) is 208 Å². The molecule has 0 aliphatic heterocycles. The lowest BCUT2D eigenvalue weighted by atomic mass is 9.62. The number of hydrogen-bond donors (Lipinski definition) is 0. The van der Waals surface area contributed by atoms with Crippen molar-refractivity contribution < 1.29 is 8.83 Å². The molecule has 11 aromatic rings. The fraction of sp³-hybridized carbons (Fsp3) is 0.546. The number of aryl methyl sites for hydroxylation is 1. The quantitative estimate of drug-likeness (QED) is 0.0356. The minimum absolute atomic E-state index is 0.106. The van der Waals surface area contributed by atoms with Gasteiger partial charge in [-0.1, -0.05) is 435 Å². The Morgan fingerprint density at radius 3 is 1.08 bits per heavy atom. The lowest BCUT2D eigenvalue weighted by molar-refractivity contribution is 0.369. The van der Waals surface area contributed by atoms with Crippen LogP contribution in [0.5, 0.6) is 0 Å². The van der Waals surface area contributed by atoms with Crippen molar-refractivity contribution in [1.29, 1.82) is 0 Å². The van der Waals surface area contributed by atoms with Crippen molar-refractivity contribution in [3.63, 3.8) is 0 Å². The molecule has 15 rings (SSSR count). The first-order chi connectivity index (χ1) is 60.2. The molecule has 0 fully saturated rings. The number of benzene rings is 9. The lowest BCUT2D eigenvalue weighted by Crippen LogP contribution is -2.33. The maximum absolute atomic E-state index is 7.71. The van der Waals surface area contributed by atoms with Crippen molar-refractivity contribution in [2.45, 2.75) is 418 Å². The molecule has 122 heavy (non-hydrogen) atoms. The Kier molecular flexibility index (Phi) is 31.1. The second kappa shape index (κ2) is 42.6. The third-order valence-electron chi connectivity index (χ3n) is 31.1. The molecule has 0 radical (unpaired) electrons. The van der Waals surface area contributed by atoms with Crippen LogP contribution in [0.1, 0.15) is 439 Å². The molecule has 650 valence electrons. The van der Waals surface area contributed by atoms with Crippen LogP contribution in [0.2, 0.25) is 0 Å². The molecule has 4 aliphatic carbocycles. The van der Waals surface area contributed by atoms with Crippen molar-refractivity contribution in [2.75, 3.05) is 4.90 Å². The summed E-state index contributed by atoms with van der Waals surface area (Å²) in [4.78, 5) is 2.80. The van der Waals surface area contributed by atoms with Gasteiger partial charge >= 0.3 is 0 Å². The molecule has 2 aromatic heterocycles. The van der Waals surface area contributed by atoms with Gasteiger partial charge < -0.3 is 13.7 Å². The van der Waals surface area contributed by atoms with Gasteiger partial charge in [-0.3, -0.25) is 0 Å². The highest BCUT2D eigenvalue weighted by molar-refractivity contribution is 6.21. The molecule has 2 heterocycles. The summed E-state index contributed by atoms with van der Waals surface area (Å²) >= 11 is 0. The SMILES string of the molecule is CCCCCCCCC1(CCCCCCCC)c2cc(N(c3ccc4c(c3)C(CCCCCCC)(CCCCCCC)c3c5c(c6oc7ccccc7c6c3-4)-c3ccccc3C5(CCCCCCC)CCCCCCC)c3ccccc3C)ccc2-c2cc3c(cc21)-c1c(ccc2oc4ccccc4c12)C3(CCCCCCCC)CCCCCCCC. The number of rotatable bonds is 55. The molecule has 0 saturated carbocycles. The van der Waals surface area contributed by atoms with E-state index in [1.54, 1.807) is 44.5 Å². The fourth-order valence-corrected chi connectivity index (χ4v) is 24.8. The van der Waals surface area contributed by atoms with E-state index in [1.807, 2.05) is 0 Å². The largest absolute Gasteiger partial charge is 0.456 e. The smallest absolute Gasteiger partial charge is 0.144 e. The lowest BCUT2D eigenvalue weighted by Gasteiger charge is -2.40. The summed E-state index contributed by atoms with van der Waals surface area (Å²) in [5, 5.41) is 5.25. The molecule has 3 heteroatoms. The van der Waals surface area contributed by atoms with Crippen LogP contribution in [0.3, 0.4) is 0 Å². The Morgan fingerprint density at radius 1 is 0.238 bits per heavy atom. The molecule has 0 unspecified atom stereocenters. The highest BCUT2D eigenvalue weighted by Gasteiger charge is 2.55. The zero-order valence-corrected chi connectivity index (χ0v) is 78.0. The van der Waals surface area contributed by atoms with Crippen molar-refractivity contribution in [3.8, 4) is 44.5 Å². The summed E-state index contributed by atoms with van der Waals surface area (Å²) < 4.78 is 14.7. The molecule has 3 nitrogen and oxygen atoms in total. The molecular weight excluding hydrogens is 1480 g/mol. The van der Waals surface area contributed by atoms with E-state index in [0.717, 1.165) is 48.0 Å². The van der Waals surface area contributed by atoms with Crippen molar-refractivity contribution in [2.24, 2.45) is 0 Å². The summed E-state index contributed by atoms with van der Waals surface area (Å²) in [5.74, 6) is 0. The van der Waals surface area contributed by atoms with Crippen LogP contribution >= 0.6 is 0 Å². The highest BCUT2D eigenvalue weighted by atomic mass is 16.3.